The van der Waals surface area contributed by atoms with E-state index in [1.165, 1.54) is 19.3 Å². The number of hydrogen-bond donors (Lipinski definition) is 1. The van der Waals surface area contributed by atoms with Gasteiger partial charge in [-0.1, -0.05) is 6.42 Å². The Bertz CT molecular complexity index is 488. The largest absolute Gasteiger partial charge is 0.474 e. The smallest absolute Gasteiger partial charge is 0.234 e. The summed E-state index contributed by atoms with van der Waals surface area (Å²) in [7, 11) is 0. The Morgan fingerprint density at radius 3 is 2.81 bits per heavy atom. The SMILES string of the molecule is CCOC1CC(Nc2cncc(OC(C)C)n2)C12CCC2. The predicted molar refractivity (Wildman–Crippen MR) is 81.5 cm³/mol. The zero-order valence-corrected chi connectivity index (χ0v) is 13.1. The Balaban J connectivity index is 1.64. The van der Waals surface area contributed by atoms with Gasteiger partial charge in [0.15, 0.2) is 0 Å². The zero-order valence-electron chi connectivity index (χ0n) is 13.1. The van der Waals surface area contributed by atoms with E-state index in [9.17, 15) is 0 Å². The normalized spacial score (nSPS) is 26.3. The van der Waals surface area contributed by atoms with Gasteiger partial charge < -0.3 is 14.8 Å². The first-order valence-corrected chi connectivity index (χ1v) is 8.01. The summed E-state index contributed by atoms with van der Waals surface area (Å²) in [6, 6.07) is 0.450. The van der Waals surface area contributed by atoms with E-state index in [1.54, 1.807) is 12.4 Å². The number of rotatable bonds is 6. The first-order valence-electron chi connectivity index (χ1n) is 8.01. The Morgan fingerprint density at radius 2 is 2.19 bits per heavy atom. The Morgan fingerprint density at radius 1 is 1.38 bits per heavy atom. The van der Waals surface area contributed by atoms with Crippen molar-refractivity contribution < 1.29 is 9.47 Å². The Kier molecular flexibility index (Phi) is 4.02. The fraction of sp³-hybridized carbons (Fsp3) is 0.750. The lowest BCUT2D eigenvalue weighted by Crippen LogP contribution is -2.64. The van der Waals surface area contributed by atoms with Crippen LogP contribution in [-0.4, -0.2) is 34.8 Å². The lowest BCUT2D eigenvalue weighted by atomic mass is 9.51. The summed E-state index contributed by atoms with van der Waals surface area (Å²) >= 11 is 0. The van der Waals surface area contributed by atoms with Gasteiger partial charge in [-0.2, -0.15) is 4.98 Å². The van der Waals surface area contributed by atoms with Crippen LogP contribution in [0, 0.1) is 5.41 Å². The van der Waals surface area contributed by atoms with Crippen LogP contribution < -0.4 is 10.1 Å². The highest BCUT2D eigenvalue weighted by atomic mass is 16.5. The lowest BCUT2D eigenvalue weighted by Gasteiger charge is -2.61. The zero-order chi connectivity index (χ0) is 14.9. The van der Waals surface area contributed by atoms with Gasteiger partial charge in [0.25, 0.3) is 0 Å². The molecular formula is C16H25N3O2. The molecule has 21 heavy (non-hydrogen) atoms. The van der Waals surface area contributed by atoms with E-state index in [0.29, 0.717) is 23.4 Å². The summed E-state index contributed by atoms with van der Waals surface area (Å²) < 4.78 is 11.5. The second-order valence-electron chi connectivity index (χ2n) is 6.37. The molecule has 1 aromatic heterocycles. The van der Waals surface area contributed by atoms with Gasteiger partial charge in [0.1, 0.15) is 5.82 Å². The number of anilines is 1. The van der Waals surface area contributed by atoms with Crippen molar-refractivity contribution in [1.29, 1.82) is 0 Å². The van der Waals surface area contributed by atoms with Crippen molar-refractivity contribution in [1.82, 2.24) is 9.97 Å². The number of ether oxygens (including phenoxy) is 2. The lowest BCUT2D eigenvalue weighted by molar-refractivity contribution is -0.157. The Hall–Kier alpha value is -1.36. The van der Waals surface area contributed by atoms with Crippen molar-refractivity contribution in [3.05, 3.63) is 12.4 Å². The number of nitrogens with one attached hydrogen (secondary N) is 1. The third-order valence-corrected chi connectivity index (χ3v) is 4.73. The molecule has 3 rings (SSSR count). The molecule has 5 nitrogen and oxygen atoms in total. The van der Waals surface area contributed by atoms with Crippen molar-refractivity contribution in [2.45, 2.75) is 64.7 Å². The van der Waals surface area contributed by atoms with Gasteiger partial charge in [0.2, 0.25) is 5.88 Å². The molecule has 116 valence electrons. The highest BCUT2D eigenvalue weighted by Gasteiger charge is 2.59. The average molecular weight is 291 g/mol. The number of aromatic nitrogens is 2. The molecule has 0 aliphatic heterocycles. The molecule has 2 fully saturated rings. The maximum Gasteiger partial charge on any atom is 0.234 e. The third kappa shape index (κ3) is 2.71. The molecule has 1 spiro atoms. The molecule has 2 saturated carbocycles. The highest BCUT2D eigenvalue weighted by Crippen LogP contribution is 2.58. The molecule has 5 heteroatoms. The van der Waals surface area contributed by atoms with Crippen molar-refractivity contribution in [2.75, 3.05) is 11.9 Å². The minimum absolute atomic E-state index is 0.110. The monoisotopic (exact) mass is 291 g/mol. The molecule has 2 aliphatic rings. The quantitative estimate of drug-likeness (QED) is 0.873. The molecule has 0 radical (unpaired) electrons. The second-order valence-corrected chi connectivity index (χ2v) is 6.37. The summed E-state index contributed by atoms with van der Waals surface area (Å²) in [5, 5.41) is 3.54. The fourth-order valence-electron chi connectivity index (χ4n) is 3.54. The summed E-state index contributed by atoms with van der Waals surface area (Å²) in [5.74, 6) is 1.39. The van der Waals surface area contributed by atoms with E-state index in [2.05, 4.69) is 22.2 Å². The first-order chi connectivity index (χ1) is 10.1. The Labute approximate surface area is 126 Å². The van der Waals surface area contributed by atoms with Gasteiger partial charge in [-0.3, -0.25) is 4.98 Å². The molecule has 1 aromatic rings. The van der Waals surface area contributed by atoms with Crippen LogP contribution >= 0.6 is 0 Å². The van der Waals surface area contributed by atoms with E-state index in [0.717, 1.165) is 18.8 Å². The van der Waals surface area contributed by atoms with E-state index in [4.69, 9.17) is 9.47 Å². The van der Waals surface area contributed by atoms with Crippen LogP contribution in [0.5, 0.6) is 5.88 Å². The van der Waals surface area contributed by atoms with E-state index in [1.807, 2.05) is 13.8 Å². The summed E-state index contributed by atoms with van der Waals surface area (Å²) in [4.78, 5) is 8.71. The van der Waals surface area contributed by atoms with Gasteiger partial charge in [-0.25, -0.2) is 0 Å². The van der Waals surface area contributed by atoms with Crippen LogP contribution in [0.25, 0.3) is 0 Å². The van der Waals surface area contributed by atoms with Gasteiger partial charge in [-0.15, -0.1) is 0 Å². The molecule has 0 amide bonds. The summed E-state index contributed by atoms with van der Waals surface area (Å²) in [6.45, 7) is 6.86. The minimum Gasteiger partial charge on any atom is -0.474 e. The van der Waals surface area contributed by atoms with Crippen LogP contribution in [0.4, 0.5) is 5.82 Å². The van der Waals surface area contributed by atoms with Crippen molar-refractivity contribution in [3.8, 4) is 5.88 Å². The maximum atomic E-state index is 5.88. The average Bonchev–Trinajstić information content (AvgIpc) is 2.35. The van der Waals surface area contributed by atoms with Gasteiger partial charge in [0.05, 0.1) is 24.6 Å². The van der Waals surface area contributed by atoms with Crippen LogP contribution in [-0.2, 0) is 4.74 Å². The van der Waals surface area contributed by atoms with Gasteiger partial charge >= 0.3 is 0 Å². The van der Waals surface area contributed by atoms with Crippen LogP contribution in [0.15, 0.2) is 12.4 Å². The molecule has 0 bridgehead atoms. The second kappa shape index (κ2) is 5.79. The molecule has 0 saturated heterocycles. The molecule has 1 N–H and O–H groups in total. The maximum absolute atomic E-state index is 5.88. The van der Waals surface area contributed by atoms with Crippen LogP contribution in [0.2, 0.25) is 0 Å². The van der Waals surface area contributed by atoms with Crippen LogP contribution in [0.3, 0.4) is 0 Å². The number of nitrogens with zero attached hydrogens (tertiary/aromatic N) is 2. The molecule has 0 aromatic carbocycles. The fourth-order valence-corrected chi connectivity index (χ4v) is 3.54. The standard InChI is InChI=1S/C16H25N3O2/c1-4-20-13-8-12(16(13)6-5-7-16)18-14-9-17-10-15(19-14)21-11(2)3/h9-13H,4-8H2,1-3H3,(H,18,19). The van der Waals surface area contributed by atoms with E-state index >= 15 is 0 Å². The minimum atomic E-state index is 0.110. The highest BCUT2D eigenvalue weighted by molar-refractivity contribution is 5.38. The van der Waals surface area contributed by atoms with Crippen molar-refractivity contribution >= 4 is 5.82 Å². The summed E-state index contributed by atoms with van der Waals surface area (Å²) in [6.07, 6.45) is 8.84. The molecule has 2 unspecified atom stereocenters. The summed E-state index contributed by atoms with van der Waals surface area (Å²) in [5.41, 5.74) is 0.326. The van der Waals surface area contributed by atoms with Crippen molar-refractivity contribution in [2.24, 2.45) is 5.41 Å². The van der Waals surface area contributed by atoms with Crippen LogP contribution in [0.1, 0.15) is 46.5 Å². The van der Waals surface area contributed by atoms with Gasteiger partial charge in [-0.05, 0) is 40.0 Å². The van der Waals surface area contributed by atoms with E-state index in [-0.39, 0.29) is 6.10 Å². The topological polar surface area (TPSA) is 56.3 Å². The molecule has 2 atom stereocenters. The molecule has 1 heterocycles. The third-order valence-electron chi connectivity index (χ3n) is 4.73. The van der Waals surface area contributed by atoms with E-state index < -0.39 is 0 Å². The predicted octanol–water partition coefficient (Wildman–Crippen LogP) is 3.02. The van der Waals surface area contributed by atoms with Gasteiger partial charge in [0, 0.05) is 18.1 Å². The number of hydrogen-bond acceptors (Lipinski definition) is 5. The molecule has 2 aliphatic carbocycles. The molecular weight excluding hydrogens is 266 g/mol. The van der Waals surface area contributed by atoms with Crippen molar-refractivity contribution in [3.63, 3.8) is 0 Å². The first kappa shape index (κ1) is 14.6.